The predicted molar refractivity (Wildman–Crippen MR) is 89.5 cm³/mol. The van der Waals surface area contributed by atoms with Gasteiger partial charge in [0.05, 0.1) is 15.8 Å². The first-order valence-electron chi connectivity index (χ1n) is 6.29. The van der Waals surface area contributed by atoms with E-state index in [1.54, 1.807) is 30.3 Å². The fourth-order valence-corrected chi connectivity index (χ4v) is 3.02. The first kappa shape index (κ1) is 16.3. The summed E-state index contributed by atoms with van der Waals surface area (Å²) in [6.07, 6.45) is 3.23. The molecule has 0 bridgehead atoms. The molecule has 0 N–H and O–H groups in total. The third kappa shape index (κ3) is 4.20. The van der Waals surface area contributed by atoms with Crippen molar-refractivity contribution in [1.29, 1.82) is 5.26 Å². The molecule has 0 fully saturated rings. The van der Waals surface area contributed by atoms with E-state index in [9.17, 15) is 4.79 Å². The lowest BCUT2D eigenvalue weighted by molar-refractivity contribution is 0.105. The summed E-state index contributed by atoms with van der Waals surface area (Å²) in [4.78, 5) is 12.7. The molecule has 1 aromatic carbocycles. The summed E-state index contributed by atoms with van der Waals surface area (Å²) in [6.45, 7) is -0.0444. The van der Waals surface area contributed by atoms with Crippen LogP contribution in [0.2, 0.25) is 0 Å². The second-order valence-corrected chi connectivity index (χ2v) is 6.62. The van der Waals surface area contributed by atoms with Crippen molar-refractivity contribution in [3.63, 3.8) is 0 Å². The van der Waals surface area contributed by atoms with Crippen molar-refractivity contribution in [2.24, 2.45) is 0 Å². The van der Waals surface area contributed by atoms with Gasteiger partial charge >= 0.3 is 0 Å². The Hall–Kier alpha value is -2.10. The van der Waals surface area contributed by atoms with E-state index in [-0.39, 0.29) is 12.4 Å². The Balaban J connectivity index is 2.14. The fourth-order valence-electron chi connectivity index (χ4n) is 1.72. The highest BCUT2D eigenvalue weighted by molar-refractivity contribution is 9.11. The predicted octanol–water partition coefficient (Wildman–Crippen LogP) is 4.32. The van der Waals surface area contributed by atoms with E-state index in [4.69, 9.17) is 14.7 Å². The molecule has 0 unspecified atom stereocenters. The van der Waals surface area contributed by atoms with Crippen LogP contribution in [0.1, 0.15) is 15.2 Å². The number of ether oxygens (including phenoxy) is 2. The van der Waals surface area contributed by atoms with E-state index < -0.39 is 0 Å². The smallest absolute Gasteiger partial charge is 0.195 e. The summed E-state index contributed by atoms with van der Waals surface area (Å²) in [5, 5.41) is 8.53. The van der Waals surface area contributed by atoms with Crippen LogP contribution in [0.5, 0.6) is 11.5 Å². The minimum Gasteiger partial charge on any atom is -0.493 e. The fraction of sp³-hybridized carbons (Fsp3) is 0.125. The average Bonchev–Trinajstić information content (AvgIpc) is 2.97. The van der Waals surface area contributed by atoms with Crippen molar-refractivity contribution < 1.29 is 14.3 Å². The highest BCUT2D eigenvalue weighted by atomic mass is 79.9. The Morgan fingerprint density at radius 3 is 2.82 bits per heavy atom. The third-order valence-corrected chi connectivity index (χ3v) is 4.36. The largest absolute Gasteiger partial charge is 0.493 e. The van der Waals surface area contributed by atoms with Crippen molar-refractivity contribution in [2.75, 3.05) is 13.7 Å². The van der Waals surface area contributed by atoms with Crippen LogP contribution in [0.25, 0.3) is 6.08 Å². The number of allylic oxidation sites excluding steroid dienone is 1. The highest BCUT2D eigenvalue weighted by Crippen LogP contribution is 2.29. The van der Waals surface area contributed by atoms with Crippen LogP contribution in [0.15, 0.2) is 40.2 Å². The number of nitriles is 1. The number of ketones is 1. The van der Waals surface area contributed by atoms with Crippen molar-refractivity contribution in [2.45, 2.75) is 0 Å². The molecule has 2 rings (SSSR count). The van der Waals surface area contributed by atoms with Gasteiger partial charge in [0.15, 0.2) is 23.9 Å². The van der Waals surface area contributed by atoms with Crippen LogP contribution in [-0.4, -0.2) is 19.5 Å². The van der Waals surface area contributed by atoms with Crippen molar-refractivity contribution in [3.8, 4) is 17.6 Å². The molecule has 0 aliphatic carbocycles. The highest BCUT2D eigenvalue weighted by Gasteiger charge is 2.07. The summed E-state index contributed by atoms with van der Waals surface area (Å²) in [7, 11) is 1.52. The normalized spacial score (nSPS) is 10.4. The standard InChI is InChI=1S/C16H12BrNO3S/c1-20-14-10-11(3-5-13(14)21-9-8-18)2-4-12(19)15-6-7-16(17)22-15/h2-7,10H,9H2,1H3/b4-2+. The second kappa shape index (κ2) is 7.78. The van der Waals surface area contributed by atoms with Gasteiger partial charge in [0.1, 0.15) is 6.07 Å². The number of hydrogen-bond acceptors (Lipinski definition) is 5. The maximum atomic E-state index is 12.0. The molecule has 0 aliphatic heterocycles. The molecule has 0 amide bonds. The molecular formula is C16H12BrNO3S. The Morgan fingerprint density at radius 1 is 1.36 bits per heavy atom. The van der Waals surface area contributed by atoms with Gasteiger partial charge in [-0.3, -0.25) is 4.79 Å². The summed E-state index contributed by atoms with van der Waals surface area (Å²) in [5.41, 5.74) is 0.810. The summed E-state index contributed by atoms with van der Waals surface area (Å²) in [6, 6.07) is 10.8. The molecule has 0 aliphatic rings. The lowest BCUT2D eigenvalue weighted by Crippen LogP contribution is -1.96. The van der Waals surface area contributed by atoms with Gasteiger partial charge in [-0.1, -0.05) is 12.1 Å². The molecule has 112 valence electrons. The van der Waals surface area contributed by atoms with Gasteiger partial charge < -0.3 is 9.47 Å². The van der Waals surface area contributed by atoms with Crippen LogP contribution in [-0.2, 0) is 0 Å². The zero-order valence-corrected chi connectivity index (χ0v) is 14.1. The Kier molecular flexibility index (Phi) is 5.75. The quantitative estimate of drug-likeness (QED) is 0.555. The summed E-state index contributed by atoms with van der Waals surface area (Å²) >= 11 is 4.72. The first-order chi connectivity index (χ1) is 10.6. The van der Waals surface area contributed by atoms with Crippen LogP contribution < -0.4 is 9.47 Å². The maximum Gasteiger partial charge on any atom is 0.195 e. The van der Waals surface area contributed by atoms with Crippen molar-refractivity contribution in [1.82, 2.24) is 0 Å². The SMILES string of the molecule is COc1cc(/C=C/C(=O)c2ccc(Br)s2)ccc1OCC#N. The lowest BCUT2D eigenvalue weighted by Gasteiger charge is -2.08. The molecular weight excluding hydrogens is 366 g/mol. The molecule has 1 heterocycles. The van der Waals surface area contributed by atoms with E-state index in [1.807, 2.05) is 12.1 Å². The van der Waals surface area contributed by atoms with E-state index in [0.717, 1.165) is 9.35 Å². The Morgan fingerprint density at radius 2 is 2.18 bits per heavy atom. The number of carbonyl (C=O) groups excluding carboxylic acids is 1. The maximum absolute atomic E-state index is 12.0. The number of benzene rings is 1. The zero-order chi connectivity index (χ0) is 15.9. The molecule has 22 heavy (non-hydrogen) atoms. The molecule has 1 aromatic heterocycles. The number of rotatable bonds is 6. The van der Waals surface area contributed by atoms with E-state index in [0.29, 0.717) is 16.4 Å². The van der Waals surface area contributed by atoms with Crippen molar-refractivity contribution in [3.05, 3.63) is 50.6 Å². The van der Waals surface area contributed by atoms with Crippen LogP contribution in [0.3, 0.4) is 0 Å². The molecule has 0 radical (unpaired) electrons. The monoisotopic (exact) mass is 377 g/mol. The molecule has 0 spiro atoms. The molecule has 6 heteroatoms. The molecule has 0 atom stereocenters. The first-order valence-corrected chi connectivity index (χ1v) is 7.90. The van der Waals surface area contributed by atoms with Crippen LogP contribution >= 0.6 is 27.3 Å². The summed E-state index contributed by atoms with van der Waals surface area (Å²) < 4.78 is 11.4. The number of hydrogen-bond donors (Lipinski definition) is 0. The van der Waals surface area contributed by atoms with Gasteiger partial charge in [-0.2, -0.15) is 5.26 Å². The molecule has 4 nitrogen and oxygen atoms in total. The number of nitrogens with zero attached hydrogens (tertiary/aromatic N) is 1. The zero-order valence-electron chi connectivity index (χ0n) is 11.7. The van der Waals surface area contributed by atoms with Crippen LogP contribution in [0, 0.1) is 11.3 Å². The number of methoxy groups -OCH3 is 1. The third-order valence-electron chi connectivity index (χ3n) is 2.72. The molecule has 0 saturated carbocycles. The van der Waals surface area contributed by atoms with Gasteiger partial charge in [0.25, 0.3) is 0 Å². The number of carbonyl (C=O) groups is 1. The van der Waals surface area contributed by atoms with E-state index in [2.05, 4.69) is 15.9 Å². The van der Waals surface area contributed by atoms with E-state index in [1.165, 1.54) is 24.5 Å². The lowest BCUT2D eigenvalue weighted by atomic mass is 10.1. The van der Waals surface area contributed by atoms with E-state index >= 15 is 0 Å². The van der Waals surface area contributed by atoms with Crippen molar-refractivity contribution >= 4 is 39.1 Å². The molecule has 2 aromatic rings. The Bertz CT molecular complexity index is 746. The molecule has 0 saturated heterocycles. The van der Waals surface area contributed by atoms with Gasteiger partial charge in [-0.25, -0.2) is 0 Å². The number of thiophene rings is 1. The van der Waals surface area contributed by atoms with Gasteiger partial charge in [0.2, 0.25) is 0 Å². The summed E-state index contributed by atoms with van der Waals surface area (Å²) in [5.74, 6) is 0.956. The van der Waals surface area contributed by atoms with Crippen LogP contribution in [0.4, 0.5) is 0 Å². The number of halogens is 1. The van der Waals surface area contributed by atoms with Gasteiger partial charge in [-0.15, -0.1) is 11.3 Å². The van der Waals surface area contributed by atoms with Gasteiger partial charge in [-0.05, 0) is 51.8 Å². The van der Waals surface area contributed by atoms with Gasteiger partial charge in [0, 0.05) is 0 Å². The minimum atomic E-state index is -0.0560. The minimum absolute atomic E-state index is 0.0444. The average molecular weight is 378 g/mol. The second-order valence-electron chi connectivity index (χ2n) is 4.16. The topological polar surface area (TPSA) is 59.3 Å². The Labute approximate surface area is 140 Å².